The molecule has 198 valence electrons. The van der Waals surface area contributed by atoms with Crippen molar-refractivity contribution in [1.29, 1.82) is 0 Å². The van der Waals surface area contributed by atoms with Gasteiger partial charge in [-0.25, -0.2) is 0 Å². The van der Waals surface area contributed by atoms with Crippen LogP contribution in [0.4, 0.5) is 5.69 Å². The number of hydrogen-bond donors (Lipinski definition) is 0. The molecule has 0 N–H and O–H groups in total. The second-order valence-electron chi connectivity index (χ2n) is 9.03. The number of nitrogens with zero attached hydrogens (tertiary/aromatic N) is 2. The van der Waals surface area contributed by atoms with E-state index in [4.69, 9.17) is 18.9 Å². The van der Waals surface area contributed by atoms with Crippen LogP contribution in [0.5, 0.6) is 23.0 Å². The number of ether oxygens (including phenoxy) is 4. The third-order valence-corrected chi connectivity index (χ3v) is 6.52. The SMILES string of the molecule is CC[C@H](C)c1ccc(OCCOc2c(OC)cc(/C=C3/C(=O)N(c4ccccc4)N=C3C)cc2OC)cc1. The molecule has 0 fully saturated rings. The number of hydrogen-bond acceptors (Lipinski definition) is 6. The molecule has 1 aliphatic rings. The second-order valence-corrected chi connectivity index (χ2v) is 9.03. The third kappa shape index (κ3) is 5.99. The van der Waals surface area contributed by atoms with E-state index in [1.807, 2.05) is 61.5 Å². The summed E-state index contributed by atoms with van der Waals surface area (Å²) in [7, 11) is 3.14. The Hall–Kier alpha value is -4.26. The van der Waals surface area contributed by atoms with Crippen LogP contribution in [-0.4, -0.2) is 39.1 Å². The van der Waals surface area contributed by atoms with Crippen LogP contribution in [0.3, 0.4) is 0 Å². The van der Waals surface area contributed by atoms with Gasteiger partial charge in [0.15, 0.2) is 11.5 Å². The molecule has 0 aromatic heterocycles. The van der Waals surface area contributed by atoms with E-state index >= 15 is 0 Å². The average molecular weight is 515 g/mol. The summed E-state index contributed by atoms with van der Waals surface area (Å²) in [5.74, 6) is 2.59. The first-order chi connectivity index (χ1) is 18.4. The van der Waals surface area contributed by atoms with Crippen molar-refractivity contribution < 1.29 is 23.7 Å². The summed E-state index contributed by atoms with van der Waals surface area (Å²) in [5, 5.41) is 5.85. The molecule has 1 aliphatic heterocycles. The maximum atomic E-state index is 13.1. The van der Waals surface area contributed by atoms with Gasteiger partial charge in [0.05, 0.1) is 31.2 Å². The van der Waals surface area contributed by atoms with Gasteiger partial charge in [0.1, 0.15) is 19.0 Å². The summed E-state index contributed by atoms with van der Waals surface area (Å²) >= 11 is 0. The number of methoxy groups -OCH3 is 2. The van der Waals surface area contributed by atoms with Gasteiger partial charge in [0.2, 0.25) is 5.75 Å². The van der Waals surface area contributed by atoms with Crippen molar-refractivity contribution in [2.24, 2.45) is 5.10 Å². The largest absolute Gasteiger partial charge is 0.493 e. The van der Waals surface area contributed by atoms with E-state index in [1.165, 1.54) is 10.6 Å². The van der Waals surface area contributed by atoms with Crippen LogP contribution in [0.1, 0.15) is 44.2 Å². The first-order valence-corrected chi connectivity index (χ1v) is 12.7. The summed E-state index contributed by atoms with van der Waals surface area (Å²) in [6, 6.07) is 21.1. The molecule has 3 aromatic carbocycles. The summed E-state index contributed by atoms with van der Waals surface area (Å²) in [6.45, 7) is 6.88. The lowest BCUT2D eigenvalue weighted by molar-refractivity contribution is -0.114. The molecule has 0 spiro atoms. The second kappa shape index (κ2) is 12.3. The zero-order valence-electron chi connectivity index (χ0n) is 22.6. The number of benzene rings is 3. The van der Waals surface area contributed by atoms with Crippen molar-refractivity contribution in [1.82, 2.24) is 0 Å². The van der Waals surface area contributed by atoms with E-state index in [1.54, 1.807) is 20.3 Å². The van der Waals surface area contributed by atoms with Crippen LogP contribution in [0, 0.1) is 0 Å². The first-order valence-electron chi connectivity index (χ1n) is 12.7. The summed E-state index contributed by atoms with van der Waals surface area (Å²) in [5.41, 5.74) is 3.88. The topological polar surface area (TPSA) is 69.6 Å². The monoisotopic (exact) mass is 514 g/mol. The fourth-order valence-electron chi connectivity index (χ4n) is 4.15. The number of rotatable bonds is 11. The minimum Gasteiger partial charge on any atom is -0.493 e. The van der Waals surface area contributed by atoms with Crippen molar-refractivity contribution >= 4 is 23.4 Å². The van der Waals surface area contributed by atoms with Crippen molar-refractivity contribution in [2.45, 2.75) is 33.1 Å². The van der Waals surface area contributed by atoms with Crippen LogP contribution < -0.4 is 24.0 Å². The van der Waals surface area contributed by atoms with Crippen LogP contribution in [-0.2, 0) is 4.79 Å². The van der Waals surface area contributed by atoms with Crippen LogP contribution in [0.25, 0.3) is 6.08 Å². The van der Waals surface area contributed by atoms with Crippen LogP contribution in [0.15, 0.2) is 77.4 Å². The van der Waals surface area contributed by atoms with Gasteiger partial charge < -0.3 is 18.9 Å². The van der Waals surface area contributed by atoms with E-state index in [9.17, 15) is 4.79 Å². The molecule has 1 amide bonds. The number of carbonyl (C=O) groups excluding carboxylic acids is 1. The highest BCUT2D eigenvalue weighted by atomic mass is 16.6. The number of carbonyl (C=O) groups is 1. The van der Waals surface area contributed by atoms with E-state index < -0.39 is 0 Å². The Bertz CT molecular complexity index is 1290. The van der Waals surface area contributed by atoms with Crippen LogP contribution in [0.2, 0.25) is 0 Å². The minimum atomic E-state index is -0.193. The number of para-hydroxylation sites is 1. The fraction of sp³-hybridized carbons (Fsp3) is 0.290. The Balaban J connectivity index is 1.45. The standard InChI is InChI=1S/C31H34N2O5/c1-6-21(2)24-12-14-26(15-13-24)37-16-17-38-30-28(35-4)19-23(20-29(30)36-5)18-27-22(3)32-33(31(27)34)25-10-8-7-9-11-25/h7-15,18-21H,6,16-17H2,1-5H3/b27-18+/t21-/m0/s1. The zero-order chi connectivity index (χ0) is 27.1. The summed E-state index contributed by atoms with van der Waals surface area (Å²) in [6.07, 6.45) is 2.88. The molecule has 7 heteroatoms. The van der Waals surface area contributed by atoms with E-state index in [0.29, 0.717) is 53.4 Å². The lowest BCUT2D eigenvalue weighted by Gasteiger charge is -2.16. The Morgan fingerprint density at radius 2 is 1.55 bits per heavy atom. The first kappa shape index (κ1) is 26.8. The molecular formula is C31H34N2O5. The molecule has 7 nitrogen and oxygen atoms in total. The zero-order valence-corrected chi connectivity index (χ0v) is 22.6. The Kier molecular flexibility index (Phi) is 8.69. The Morgan fingerprint density at radius 3 is 2.16 bits per heavy atom. The van der Waals surface area contributed by atoms with Gasteiger partial charge in [-0.3, -0.25) is 4.79 Å². The predicted octanol–water partition coefficient (Wildman–Crippen LogP) is 6.48. The highest BCUT2D eigenvalue weighted by molar-refractivity contribution is 6.32. The van der Waals surface area contributed by atoms with E-state index in [2.05, 4.69) is 31.1 Å². The van der Waals surface area contributed by atoms with Crippen molar-refractivity contribution in [3.63, 3.8) is 0 Å². The molecule has 38 heavy (non-hydrogen) atoms. The molecule has 1 atom stereocenters. The minimum absolute atomic E-state index is 0.193. The number of anilines is 1. The van der Waals surface area contributed by atoms with Gasteiger partial charge in [-0.05, 0) is 72.9 Å². The molecule has 0 bridgehead atoms. The number of hydrazone groups is 1. The molecule has 0 saturated heterocycles. The maximum Gasteiger partial charge on any atom is 0.280 e. The predicted molar refractivity (Wildman–Crippen MR) is 151 cm³/mol. The van der Waals surface area contributed by atoms with Gasteiger partial charge >= 0.3 is 0 Å². The van der Waals surface area contributed by atoms with Gasteiger partial charge in [0, 0.05) is 0 Å². The summed E-state index contributed by atoms with van der Waals surface area (Å²) < 4.78 is 23.0. The molecule has 0 aliphatic carbocycles. The highest BCUT2D eigenvalue weighted by Gasteiger charge is 2.29. The normalized spacial score (nSPS) is 14.9. The van der Waals surface area contributed by atoms with Crippen molar-refractivity contribution in [3.8, 4) is 23.0 Å². The molecular weight excluding hydrogens is 480 g/mol. The molecule has 4 rings (SSSR count). The van der Waals surface area contributed by atoms with Crippen LogP contribution >= 0.6 is 0 Å². The van der Waals surface area contributed by atoms with Gasteiger partial charge in [-0.2, -0.15) is 10.1 Å². The third-order valence-electron chi connectivity index (χ3n) is 6.52. The van der Waals surface area contributed by atoms with E-state index in [-0.39, 0.29) is 5.91 Å². The highest BCUT2D eigenvalue weighted by Crippen LogP contribution is 2.39. The molecule has 0 radical (unpaired) electrons. The Morgan fingerprint density at radius 1 is 0.921 bits per heavy atom. The molecule has 1 heterocycles. The van der Waals surface area contributed by atoms with Crippen molar-refractivity contribution in [2.75, 3.05) is 32.4 Å². The maximum absolute atomic E-state index is 13.1. The molecule has 0 saturated carbocycles. The van der Waals surface area contributed by atoms with Gasteiger partial charge in [0.25, 0.3) is 5.91 Å². The molecule has 3 aromatic rings. The Labute approximate surface area is 224 Å². The van der Waals surface area contributed by atoms with Crippen molar-refractivity contribution in [3.05, 3.63) is 83.4 Å². The van der Waals surface area contributed by atoms with Gasteiger partial charge in [-0.15, -0.1) is 0 Å². The quantitative estimate of drug-likeness (QED) is 0.216. The van der Waals surface area contributed by atoms with Gasteiger partial charge in [-0.1, -0.05) is 44.2 Å². The smallest absolute Gasteiger partial charge is 0.280 e. The molecule has 0 unspecified atom stereocenters. The van der Waals surface area contributed by atoms with E-state index in [0.717, 1.165) is 17.7 Å². The average Bonchev–Trinajstić information content (AvgIpc) is 3.24. The lowest BCUT2D eigenvalue weighted by Crippen LogP contribution is -2.21. The fourth-order valence-corrected chi connectivity index (χ4v) is 4.15. The lowest BCUT2D eigenvalue weighted by atomic mass is 9.99. The summed E-state index contributed by atoms with van der Waals surface area (Å²) in [4.78, 5) is 13.1. The number of amides is 1.